The van der Waals surface area contributed by atoms with Crippen molar-refractivity contribution in [1.29, 1.82) is 0 Å². The Morgan fingerprint density at radius 2 is 1.85 bits per heavy atom. The molecule has 2 N–H and O–H groups in total. The number of sulfone groups is 1. The van der Waals surface area contributed by atoms with Crippen LogP contribution in [0.5, 0.6) is 0 Å². The quantitative estimate of drug-likeness (QED) is 0.902. The van der Waals surface area contributed by atoms with Gasteiger partial charge >= 0.3 is 5.51 Å². The molecule has 0 amide bonds. The van der Waals surface area contributed by atoms with Crippen LogP contribution in [-0.4, -0.2) is 33.1 Å². The third-order valence-electron chi connectivity index (χ3n) is 3.13. The van der Waals surface area contributed by atoms with Gasteiger partial charge in [-0.25, -0.2) is 8.42 Å². The Morgan fingerprint density at radius 3 is 2.35 bits per heavy atom. The van der Waals surface area contributed by atoms with Crippen LogP contribution in [0.1, 0.15) is 12.8 Å². The number of para-hydroxylation sites is 1. The van der Waals surface area contributed by atoms with E-state index in [2.05, 4.69) is 0 Å². The Labute approximate surface area is 115 Å². The van der Waals surface area contributed by atoms with Crippen molar-refractivity contribution in [1.82, 2.24) is 0 Å². The molecule has 20 heavy (non-hydrogen) atoms. The molecular formula is C12H15F3N2O2S. The zero-order valence-electron chi connectivity index (χ0n) is 10.6. The van der Waals surface area contributed by atoms with Gasteiger partial charge in [0, 0.05) is 19.1 Å². The summed E-state index contributed by atoms with van der Waals surface area (Å²) in [6.07, 6.45) is 1.67. The first-order valence-corrected chi connectivity index (χ1v) is 7.64. The largest absolute Gasteiger partial charge is 0.501 e. The summed E-state index contributed by atoms with van der Waals surface area (Å²) in [5.74, 6) is 0. The number of benzene rings is 1. The minimum absolute atomic E-state index is 0.0723. The van der Waals surface area contributed by atoms with Crippen LogP contribution in [0.4, 0.5) is 18.9 Å². The van der Waals surface area contributed by atoms with E-state index in [1.165, 1.54) is 18.2 Å². The first-order chi connectivity index (χ1) is 9.29. The first kappa shape index (κ1) is 15.1. The third-order valence-corrected chi connectivity index (χ3v) is 4.66. The van der Waals surface area contributed by atoms with Crippen molar-refractivity contribution in [2.45, 2.75) is 29.3 Å². The molecule has 1 aliphatic rings. The summed E-state index contributed by atoms with van der Waals surface area (Å²) in [4.78, 5) is 0.950. The lowest BCUT2D eigenvalue weighted by atomic mass is 10.2. The molecule has 8 heteroatoms. The number of anilines is 1. The lowest BCUT2D eigenvalue weighted by molar-refractivity contribution is -0.0435. The van der Waals surface area contributed by atoms with E-state index < -0.39 is 20.2 Å². The van der Waals surface area contributed by atoms with Gasteiger partial charge in [-0.3, -0.25) is 0 Å². The number of alkyl halides is 3. The van der Waals surface area contributed by atoms with Crippen molar-refractivity contribution in [3.8, 4) is 0 Å². The number of hydrogen-bond acceptors (Lipinski definition) is 4. The number of hydrogen-bond donors (Lipinski definition) is 1. The summed E-state index contributed by atoms with van der Waals surface area (Å²) >= 11 is 0. The van der Waals surface area contributed by atoms with Gasteiger partial charge in [0.1, 0.15) is 0 Å². The molecule has 1 fully saturated rings. The third kappa shape index (κ3) is 2.76. The topological polar surface area (TPSA) is 63.4 Å². The van der Waals surface area contributed by atoms with Crippen LogP contribution in [-0.2, 0) is 9.84 Å². The zero-order valence-corrected chi connectivity index (χ0v) is 11.4. The molecule has 0 heterocycles. The van der Waals surface area contributed by atoms with Crippen molar-refractivity contribution in [2.75, 3.05) is 18.0 Å². The normalized spacial score (nSPS) is 16.2. The molecule has 1 aromatic carbocycles. The number of nitrogens with two attached hydrogens (primary N) is 1. The van der Waals surface area contributed by atoms with Gasteiger partial charge in [-0.2, -0.15) is 13.2 Å². The van der Waals surface area contributed by atoms with Gasteiger partial charge in [0.05, 0.1) is 10.6 Å². The number of halogens is 3. The molecule has 0 atom stereocenters. The summed E-state index contributed by atoms with van der Waals surface area (Å²) in [6, 6.07) is 5.27. The maximum atomic E-state index is 12.7. The van der Waals surface area contributed by atoms with Crippen molar-refractivity contribution in [2.24, 2.45) is 5.73 Å². The SMILES string of the molecule is NCCN(c1ccccc1S(=O)(=O)C(F)(F)F)C1CC1. The second-order valence-electron chi connectivity index (χ2n) is 4.63. The van der Waals surface area contributed by atoms with Crippen LogP contribution in [0, 0.1) is 0 Å². The smallest absolute Gasteiger partial charge is 0.366 e. The molecule has 0 aliphatic heterocycles. The van der Waals surface area contributed by atoms with E-state index in [9.17, 15) is 21.6 Å². The Kier molecular flexibility index (Phi) is 3.97. The van der Waals surface area contributed by atoms with Gasteiger partial charge in [0.15, 0.2) is 0 Å². The van der Waals surface area contributed by atoms with Crippen molar-refractivity contribution in [3.05, 3.63) is 24.3 Å². The average Bonchev–Trinajstić information content (AvgIpc) is 3.19. The Hall–Kier alpha value is -1.28. The minimum Gasteiger partial charge on any atom is -0.366 e. The highest BCUT2D eigenvalue weighted by molar-refractivity contribution is 7.92. The lowest BCUT2D eigenvalue weighted by Crippen LogP contribution is -2.34. The molecule has 1 aliphatic carbocycles. The van der Waals surface area contributed by atoms with Crippen LogP contribution >= 0.6 is 0 Å². The summed E-state index contributed by atoms with van der Waals surface area (Å²) in [7, 11) is -5.36. The van der Waals surface area contributed by atoms with Gasteiger partial charge in [-0.05, 0) is 25.0 Å². The van der Waals surface area contributed by atoms with Crippen LogP contribution < -0.4 is 10.6 Å². The van der Waals surface area contributed by atoms with E-state index in [0.717, 1.165) is 18.9 Å². The van der Waals surface area contributed by atoms with E-state index in [-0.39, 0.29) is 18.3 Å². The lowest BCUT2D eigenvalue weighted by Gasteiger charge is -2.26. The molecule has 0 aromatic heterocycles. The minimum atomic E-state index is -5.36. The molecule has 0 unspecified atom stereocenters. The molecule has 0 spiro atoms. The molecule has 1 aromatic rings. The fraction of sp³-hybridized carbons (Fsp3) is 0.500. The monoisotopic (exact) mass is 308 g/mol. The molecule has 0 saturated heterocycles. The maximum absolute atomic E-state index is 12.7. The standard InChI is InChI=1S/C12H15F3N2O2S/c13-12(14,15)20(18,19)11-4-2-1-3-10(11)17(8-7-16)9-5-6-9/h1-4,9H,5-8,16H2. The summed E-state index contributed by atoms with van der Waals surface area (Å²) in [5, 5.41) is 0. The summed E-state index contributed by atoms with van der Waals surface area (Å²) in [5.41, 5.74) is 0.241. The molecule has 1 saturated carbocycles. The number of nitrogens with zero attached hydrogens (tertiary/aromatic N) is 1. The Balaban J connectivity index is 2.50. The van der Waals surface area contributed by atoms with Gasteiger partial charge in [-0.15, -0.1) is 0 Å². The van der Waals surface area contributed by atoms with Crippen molar-refractivity contribution in [3.63, 3.8) is 0 Å². The van der Waals surface area contributed by atoms with Crippen LogP contribution in [0.15, 0.2) is 29.2 Å². The second kappa shape index (κ2) is 5.25. The molecule has 0 bridgehead atoms. The van der Waals surface area contributed by atoms with Crippen LogP contribution in [0.2, 0.25) is 0 Å². The number of rotatable bonds is 5. The Morgan fingerprint density at radius 1 is 1.25 bits per heavy atom. The fourth-order valence-corrected chi connectivity index (χ4v) is 3.04. The van der Waals surface area contributed by atoms with E-state index in [4.69, 9.17) is 5.73 Å². The molecule has 4 nitrogen and oxygen atoms in total. The summed E-state index contributed by atoms with van der Waals surface area (Å²) in [6.45, 7) is 0.575. The van der Waals surface area contributed by atoms with Gasteiger partial charge in [-0.1, -0.05) is 12.1 Å². The highest BCUT2D eigenvalue weighted by Crippen LogP contribution is 2.39. The van der Waals surface area contributed by atoms with Crippen LogP contribution in [0.3, 0.4) is 0 Å². The van der Waals surface area contributed by atoms with Crippen LogP contribution in [0.25, 0.3) is 0 Å². The van der Waals surface area contributed by atoms with E-state index in [1.807, 2.05) is 0 Å². The van der Waals surface area contributed by atoms with Gasteiger partial charge < -0.3 is 10.6 Å². The van der Waals surface area contributed by atoms with Gasteiger partial charge in [0.25, 0.3) is 9.84 Å². The predicted molar refractivity (Wildman–Crippen MR) is 69.1 cm³/mol. The molecule has 2 rings (SSSR count). The first-order valence-electron chi connectivity index (χ1n) is 6.16. The van der Waals surface area contributed by atoms with Gasteiger partial charge in [0.2, 0.25) is 0 Å². The second-order valence-corrected chi connectivity index (χ2v) is 6.54. The highest BCUT2D eigenvalue weighted by atomic mass is 32.2. The zero-order chi connectivity index (χ0) is 15.0. The fourth-order valence-electron chi connectivity index (χ4n) is 2.07. The maximum Gasteiger partial charge on any atom is 0.501 e. The predicted octanol–water partition coefficient (Wildman–Crippen LogP) is 1.91. The van der Waals surface area contributed by atoms with Crippen molar-refractivity contribution < 1.29 is 21.6 Å². The molecule has 0 radical (unpaired) electrons. The average molecular weight is 308 g/mol. The summed E-state index contributed by atoms with van der Waals surface area (Å²) < 4.78 is 61.5. The molecular weight excluding hydrogens is 293 g/mol. The molecule has 112 valence electrons. The van der Waals surface area contributed by atoms with E-state index in [0.29, 0.717) is 6.54 Å². The highest BCUT2D eigenvalue weighted by Gasteiger charge is 2.48. The Bertz CT molecular complexity index is 583. The van der Waals surface area contributed by atoms with E-state index >= 15 is 0 Å². The van der Waals surface area contributed by atoms with Crippen molar-refractivity contribution >= 4 is 15.5 Å². The van der Waals surface area contributed by atoms with E-state index in [1.54, 1.807) is 4.90 Å².